The van der Waals surface area contributed by atoms with Crippen LogP contribution in [0.4, 0.5) is 22.7 Å². The zero-order chi connectivity index (χ0) is 33.3. The number of carboxylic acids is 2. The van der Waals surface area contributed by atoms with Crippen LogP contribution in [0.2, 0.25) is 0 Å². The second-order valence-electron chi connectivity index (χ2n) is 10.5. The SMILES string of the molecule is CC1=C2C(=O)N(c3cc(COO)cc(C(=O)O)c3)N=C2N(c2cc(COO)cc(C(=O)O)c2)C(=O)C1=Nc1ccc(N(C)C)cc1. The van der Waals surface area contributed by atoms with Crippen molar-refractivity contribution >= 4 is 58.0 Å². The van der Waals surface area contributed by atoms with Crippen LogP contribution in [-0.2, 0) is 32.6 Å². The zero-order valence-corrected chi connectivity index (χ0v) is 24.7. The van der Waals surface area contributed by atoms with Gasteiger partial charge in [-0.15, -0.1) is 5.10 Å². The van der Waals surface area contributed by atoms with Crippen molar-refractivity contribution in [3.63, 3.8) is 0 Å². The summed E-state index contributed by atoms with van der Waals surface area (Å²) in [7, 11) is 3.73. The monoisotopic (exact) mass is 629 g/mol. The third-order valence-electron chi connectivity index (χ3n) is 7.19. The topological polar surface area (TPSA) is 202 Å². The summed E-state index contributed by atoms with van der Waals surface area (Å²) >= 11 is 0. The molecule has 3 aromatic rings. The number of nitrogens with zero attached hydrogens (tertiary/aromatic N) is 5. The molecule has 5 rings (SSSR count). The maximum atomic E-state index is 14.2. The number of anilines is 3. The van der Waals surface area contributed by atoms with E-state index in [1.165, 1.54) is 43.3 Å². The van der Waals surface area contributed by atoms with Gasteiger partial charge in [-0.05, 0) is 84.3 Å². The molecule has 3 aromatic carbocycles. The van der Waals surface area contributed by atoms with Crippen molar-refractivity contribution in [3.8, 4) is 0 Å². The van der Waals surface area contributed by atoms with E-state index < -0.39 is 30.4 Å². The van der Waals surface area contributed by atoms with E-state index in [-0.39, 0.29) is 62.9 Å². The summed E-state index contributed by atoms with van der Waals surface area (Å²) in [6, 6.07) is 14.6. The van der Waals surface area contributed by atoms with Crippen molar-refractivity contribution < 1.29 is 49.7 Å². The highest BCUT2D eigenvalue weighted by atomic mass is 17.1. The number of fused-ring (bicyclic) bond motifs is 1. The summed E-state index contributed by atoms with van der Waals surface area (Å²) in [4.78, 5) is 67.9. The first-order chi connectivity index (χ1) is 21.9. The molecule has 2 heterocycles. The second kappa shape index (κ2) is 12.7. The highest BCUT2D eigenvalue weighted by molar-refractivity contribution is 6.61. The van der Waals surface area contributed by atoms with Gasteiger partial charge in [0, 0.05) is 19.8 Å². The lowest BCUT2D eigenvalue weighted by Crippen LogP contribution is -2.47. The molecule has 46 heavy (non-hydrogen) atoms. The molecule has 0 radical (unpaired) electrons. The molecule has 2 aliphatic rings. The zero-order valence-electron chi connectivity index (χ0n) is 24.7. The summed E-state index contributed by atoms with van der Waals surface area (Å²) in [6.45, 7) is 0.721. The highest BCUT2D eigenvalue weighted by Crippen LogP contribution is 2.36. The molecule has 15 heteroatoms. The van der Waals surface area contributed by atoms with Crippen molar-refractivity contribution in [2.45, 2.75) is 20.1 Å². The largest absolute Gasteiger partial charge is 0.478 e. The van der Waals surface area contributed by atoms with E-state index in [1.54, 1.807) is 24.3 Å². The number of aliphatic imine (C=N–C) groups is 1. The van der Waals surface area contributed by atoms with Crippen molar-refractivity contribution in [1.29, 1.82) is 0 Å². The van der Waals surface area contributed by atoms with E-state index in [1.807, 2.05) is 19.0 Å². The van der Waals surface area contributed by atoms with Gasteiger partial charge >= 0.3 is 11.9 Å². The molecular weight excluding hydrogens is 602 g/mol. The van der Waals surface area contributed by atoms with Crippen molar-refractivity contribution in [2.24, 2.45) is 10.1 Å². The van der Waals surface area contributed by atoms with Crippen LogP contribution in [0.15, 0.2) is 81.9 Å². The van der Waals surface area contributed by atoms with Crippen LogP contribution in [0.25, 0.3) is 0 Å². The van der Waals surface area contributed by atoms with Crippen LogP contribution in [0.3, 0.4) is 0 Å². The number of rotatable bonds is 10. The second-order valence-corrected chi connectivity index (χ2v) is 10.5. The predicted molar refractivity (Wildman–Crippen MR) is 165 cm³/mol. The molecule has 2 aliphatic heterocycles. The lowest BCUT2D eigenvalue weighted by Gasteiger charge is -2.28. The molecule has 2 amide bonds. The molecule has 236 valence electrons. The molecule has 0 unspecified atom stereocenters. The van der Waals surface area contributed by atoms with Gasteiger partial charge in [0.1, 0.15) is 18.9 Å². The average molecular weight is 630 g/mol. The van der Waals surface area contributed by atoms with E-state index in [9.17, 15) is 29.4 Å². The van der Waals surface area contributed by atoms with Crippen LogP contribution in [0, 0.1) is 0 Å². The minimum Gasteiger partial charge on any atom is -0.478 e. The van der Waals surface area contributed by atoms with Crippen LogP contribution in [0.5, 0.6) is 0 Å². The highest BCUT2D eigenvalue weighted by Gasteiger charge is 2.45. The summed E-state index contributed by atoms with van der Waals surface area (Å²) < 4.78 is 0. The number of carbonyl (C=O) groups is 4. The molecule has 15 nitrogen and oxygen atoms in total. The number of carbonyl (C=O) groups excluding carboxylic acids is 2. The van der Waals surface area contributed by atoms with Gasteiger partial charge < -0.3 is 15.1 Å². The van der Waals surface area contributed by atoms with Crippen LogP contribution in [0.1, 0.15) is 38.8 Å². The van der Waals surface area contributed by atoms with Gasteiger partial charge in [0.2, 0.25) is 0 Å². The molecular formula is C31H27N5O10. The van der Waals surface area contributed by atoms with Gasteiger partial charge in [0.15, 0.2) is 5.84 Å². The molecule has 0 aromatic heterocycles. The lowest BCUT2D eigenvalue weighted by molar-refractivity contribution is -0.253. The molecule has 4 N–H and O–H groups in total. The Morgan fingerprint density at radius 3 is 1.89 bits per heavy atom. The Labute approximate surface area is 261 Å². The third kappa shape index (κ3) is 5.98. The maximum absolute atomic E-state index is 14.2. The quantitative estimate of drug-likeness (QED) is 0.187. The van der Waals surface area contributed by atoms with E-state index in [0.29, 0.717) is 5.69 Å². The van der Waals surface area contributed by atoms with Gasteiger partial charge in [-0.25, -0.2) is 24.4 Å². The van der Waals surface area contributed by atoms with E-state index in [0.717, 1.165) is 15.6 Å². The summed E-state index contributed by atoms with van der Waals surface area (Å²) in [6.07, 6.45) is 0. The Balaban J connectivity index is 1.74. The summed E-state index contributed by atoms with van der Waals surface area (Å²) in [5, 5.41) is 42.8. The average Bonchev–Trinajstić information content (AvgIpc) is 3.36. The summed E-state index contributed by atoms with van der Waals surface area (Å²) in [5.41, 5.74) is 1.19. The Morgan fingerprint density at radius 2 is 1.37 bits per heavy atom. The Bertz CT molecular complexity index is 1860. The lowest BCUT2D eigenvalue weighted by atomic mass is 9.95. The Kier molecular flexibility index (Phi) is 8.75. The first-order valence-electron chi connectivity index (χ1n) is 13.6. The van der Waals surface area contributed by atoms with Gasteiger partial charge in [-0.2, -0.15) is 5.01 Å². The third-order valence-corrected chi connectivity index (χ3v) is 7.19. The fraction of sp³-hybridized carbons (Fsp3) is 0.161. The van der Waals surface area contributed by atoms with E-state index >= 15 is 0 Å². The van der Waals surface area contributed by atoms with Crippen LogP contribution in [-0.4, -0.2) is 70.1 Å². The number of amidine groups is 1. The van der Waals surface area contributed by atoms with Gasteiger partial charge in [-0.3, -0.25) is 25.0 Å². The van der Waals surface area contributed by atoms with Crippen molar-refractivity contribution in [1.82, 2.24) is 0 Å². The fourth-order valence-corrected chi connectivity index (χ4v) is 5.02. The van der Waals surface area contributed by atoms with Gasteiger partial charge in [0.05, 0.1) is 33.8 Å². The standard InChI is InChI=1S/C31H27N5O10/c1-16-25-27(33-36(28(25)37)24-11-18(15-46-44)9-20(13-24)31(41)42)35(23-10-17(14-45-43)8-19(12-23)30(39)40)29(38)26(16)32-21-4-6-22(7-5-21)34(2)3/h4-13,43-44H,14-15H2,1-3H3,(H,39,40)(H,41,42). The Morgan fingerprint density at radius 1 is 0.826 bits per heavy atom. The van der Waals surface area contributed by atoms with Crippen molar-refractivity contribution in [3.05, 3.63) is 94.1 Å². The van der Waals surface area contributed by atoms with Crippen LogP contribution < -0.4 is 14.8 Å². The molecule has 0 fully saturated rings. The first kappa shape index (κ1) is 31.7. The van der Waals surface area contributed by atoms with Crippen LogP contribution >= 0.6 is 0 Å². The fourth-order valence-electron chi connectivity index (χ4n) is 5.02. The minimum atomic E-state index is -1.33. The molecule has 0 bridgehead atoms. The number of hydrazone groups is 1. The number of carboxylic acid groups (broad SMARTS) is 2. The van der Waals surface area contributed by atoms with Gasteiger partial charge in [-0.1, -0.05) is 0 Å². The van der Waals surface area contributed by atoms with Crippen molar-refractivity contribution in [2.75, 3.05) is 28.9 Å². The number of amides is 2. The molecule has 0 saturated carbocycles. The summed E-state index contributed by atoms with van der Waals surface area (Å²) in [5.74, 6) is -4.29. The molecule has 0 spiro atoms. The molecule has 0 atom stereocenters. The number of hydrogen-bond donors (Lipinski definition) is 4. The van der Waals surface area contributed by atoms with E-state index in [2.05, 4.69) is 19.9 Å². The molecule has 0 saturated heterocycles. The van der Waals surface area contributed by atoms with E-state index in [4.69, 9.17) is 10.5 Å². The first-order valence-corrected chi connectivity index (χ1v) is 13.6. The smallest absolute Gasteiger partial charge is 0.335 e. The number of hydrogen-bond acceptors (Lipinski definition) is 11. The normalized spacial score (nSPS) is 15.4. The maximum Gasteiger partial charge on any atom is 0.335 e. The number of aromatic carboxylic acids is 2. The predicted octanol–water partition coefficient (Wildman–Crippen LogP) is 3.92. The molecule has 0 aliphatic carbocycles. The number of benzene rings is 3. The van der Waals surface area contributed by atoms with Gasteiger partial charge in [0.25, 0.3) is 11.8 Å². The minimum absolute atomic E-state index is 0.00188. The Hall–Kier alpha value is -5.74.